The average Bonchev–Trinajstić information content (AvgIpc) is 3.20. The van der Waals surface area contributed by atoms with Gasteiger partial charge in [-0.3, -0.25) is 0 Å². The largest absolute Gasteiger partial charge is 0.227 e. The molecule has 8 aromatic carbocycles. The maximum absolute atomic E-state index is 5.45. The van der Waals surface area contributed by atoms with Crippen molar-refractivity contribution >= 4 is 21.5 Å². The van der Waals surface area contributed by atoms with Gasteiger partial charge in [0.1, 0.15) is 0 Å². The van der Waals surface area contributed by atoms with Crippen molar-refractivity contribution in [2.75, 3.05) is 0 Å². The zero-order valence-corrected chi connectivity index (χ0v) is 27.4. The number of rotatable bonds is 6. The monoisotopic (exact) mass is 636 g/mol. The van der Waals surface area contributed by atoms with Crippen LogP contribution in [0.3, 0.4) is 0 Å². The molecule has 0 N–H and O–H groups in total. The van der Waals surface area contributed by atoms with Crippen LogP contribution in [0.4, 0.5) is 0 Å². The summed E-state index contributed by atoms with van der Waals surface area (Å²) in [6.45, 7) is 0. The Kier molecular flexibility index (Phi) is 7.53. The first-order valence-corrected chi connectivity index (χ1v) is 17.0. The van der Waals surface area contributed by atoms with Crippen molar-refractivity contribution in [3.05, 3.63) is 194 Å². The van der Waals surface area contributed by atoms with E-state index in [9.17, 15) is 0 Å². The molecular formula is C48H32N2. The van der Waals surface area contributed by atoms with Crippen molar-refractivity contribution < 1.29 is 0 Å². The summed E-state index contributed by atoms with van der Waals surface area (Å²) in [5.41, 5.74) is 11.6. The second-order valence-electron chi connectivity index (χ2n) is 12.6. The van der Waals surface area contributed by atoms with Crippen molar-refractivity contribution in [3.63, 3.8) is 0 Å². The van der Waals surface area contributed by atoms with Crippen molar-refractivity contribution in [1.82, 2.24) is 9.97 Å². The first-order chi connectivity index (χ1) is 24.8. The molecular weight excluding hydrogens is 605 g/mol. The van der Waals surface area contributed by atoms with E-state index >= 15 is 0 Å². The molecule has 0 atom stereocenters. The van der Waals surface area contributed by atoms with Crippen molar-refractivity contribution in [2.45, 2.75) is 0 Å². The van der Waals surface area contributed by atoms with Crippen LogP contribution in [-0.4, -0.2) is 9.97 Å². The van der Waals surface area contributed by atoms with E-state index in [1.165, 1.54) is 27.1 Å². The molecule has 0 saturated carbocycles. The summed E-state index contributed by atoms with van der Waals surface area (Å²) in [7, 11) is 0. The molecule has 9 rings (SSSR count). The van der Waals surface area contributed by atoms with Crippen LogP contribution in [0, 0.1) is 0 Å². The highest BCUT2D eigenvalue weighted by atomic mass is 14.9. The Morgan fingerprint density at radius 3 is 1.48 bits per heavy atom. The highest BCUT2D eigenvalue weighted by Gasteiger charge is 2.21. The van der Waals surface area contributed by atoms with E-state index < -0.39 is 0 Å². The Labute approximate surface area is 292 Å². The lowest BCUT2D eigenvalue weighted by molar-refractivity contribution is 1.18. The maximum Gasteiger partial charge on any atom is 0.160 e. The molecule has 0 bridgehead atoms. The average molecular weight is 637 g/mol. The molecule has 0 spiro atoms. The first kappa shape index (κ1) is 29.5. The fraction of sp³-hybridized carbons (Fsp3) is 0. The van der Waals surface area contributed by atoms with Gasteiger partial charge in [0, 0.05) is 22.3 Å². The lowest BCUT2D eigenvalue weighted by Crippen LogP contribution is -2.01. The number of benzene rings is 8. The Morgan fingerprint density at radius 1 is 0.280 bits per heavy atom. The molecule has 50 heavy (non-hydrogen) atoms. The van der Waals surface area contributed by atoms with Crippen molar-refractivity contribution in [2.24, 2.45) is 0 Å². The van der Waals surface area contributed by atoms with Crippen LogP contribution in [0.2, 0.25) is 0 Å². The Bertz CT molecular complexity index is 2560. The summed E-state index contributed by atoms with van der Waals surface area (Å²) in [5, 5.41) is 4.86. The topological polar surface area (TPSA) is 25.8 Å². The highest BCUT2D eigenvalue weighted by molar-refractivity contribution is 5.99. The zero-order valence-electron chi connectivity index (χ0n) is 27.4. The molecule has 0 radical (unpaired) electrons. The molecule has 234 valence electrons. The highest BCUT2D eigenvalue weighted by Crippen LogP contribution is 2.41. The predicted molar refractivity (Wildman–Crippen MR) is 210 cm³/mol. The number of hydrogen-bond acceptors (Lipinski definition) is 2. The standard InChI is InChI=1S/C48H32N2/c1-4-17-35(18-5-1)45-46(36-19-6-2-7-20-36)49-48(50-47(45)37-21-8-3-9-22-37)42-31-40(39-28-27-33-15-10-11-23-38(33)29-39)30-41(32-42)44-26-14-24-34-16-12-13-25-43(34)44/h1-32H. The van der Waals surface area contributed by atoms with Gasteiger partial charge < -0.3 is 0 Å². The molecule has 0 saturated heterocycles. The third-order valence-corrected chi connectivity index (χ3v) is 9.44. The van der Waals surface area contributed by atoms with Crippen LogP contribution in [-0.2, 0) is 0 Å². The van der Waals surface area contributed by atoms with Gasteiger partial charge in [-0.2, -0.15) is 0 Å². The SMILES string of the molecule is c1ccc(-c2nc(-c3cc(-c4ccc5ccccc5c4)cc(-c4cccc5ccccc45)c3)nc(-c3ccccc3)c2-c2ccccc2)cc1. The lowest BCUT2D eigenvalue weighted by atomic mass is 9.91. The van der Waals surface area contributed by atoms with Gasteiger partial charge in [-0.15, -0.1) is 0 Å². The first-order valence-electron chi connectivity index (χ1n) is 17.0. The molecule has 0 amide bonds. The number of nitrogens with zero attached hydrogens (tertiary/aromatic N) is 2. The van der Waals surface area contributed by atoms with Gasteiger partial charge in [0.25, 0.3) is 0 Å². The minimum absolute atomic E-state index is 0.687. The Hall–Kier alpha value is -6.64. The third kappa shape index (κ3) is 5.53. The minimum atomic E-state index is 0.687. The summed E-state index contributed by atoms with van der Waals surface area (Å²) < 4.78 is 0. The van der Waals surface area contributed by atoms with Gasteiger partial charge in [0.2, 0.25) is 0 Å². The van der Waals surface area contributed by atoms with Crippen LogP contribution in [0.1, 0.15) is 0 Å². The predicted octanol–water partition coefficient (Wildman–Crippen LogP) is 12.8. The van der Waals surface area contributed by atoms with E-state index in [0.717, 1.165) is 55.9 Å². The molecule has 2 heteroatoms. The Morgan fingerprint density at radius 2 is 0.800 bits per heavy atom. The minimum Gasteiger partial charge on any atom is -0.227 e. The molecule has 1 aromatic heterocycles. The van der Waals surface area contributed by atoms with Gasteiger partial charge in [-0.25, -0.2) is 9.97 Å². The van der Waals surface area contributed by atoms with Gasteiger partial charge in [-0.1, -0.05) is 170 Å². The second kappa shape index (κ2) is 12.8. The zero-order chi connectivity index (χ0) is 33.3. The van der Waals surface area contributed by atoms with Crippen LogP contribution >= 0.6 is 0 Å². The van der Waals surface area contributed by atoms with Crippen LogP contribution < -0.4 is 0 Å². The van der Waals surface area contributed by atoms with E-state index in [0.29, 0.717) is 5.82 Å². The summed E-state index contributed by atoms with van der Waals surface area (Å²) in [4.78, 5) is 10.9. The van der Waals surface area contributed by atoms with E-state index in [4.69, 9.17) is 9.97 Å². The smallest absolute Gasteiger partial charge is 0.160 e. The fourth-order valence-corrected chi connectivity index (χ4v) is 7.00. The summed E-state index contributed by atoms with van der Waals surface area (Å²) in [6.07, 6.45) is 0. The summed E-state index contributed by atoms with van der Waals surface area (Å²) in [6, 6.07) is 68.7. The van der Waals surface area contributed by atoms with E-state index in [2.05, 4.69) is 194 Å². The second-order valence-corrected chi connectivity index (χ2v) is 12.6. The molecule has 0 aliphatic heterocycles. The van der Waals surface area contributed by atoms with Crippen molar-refractivity contribution in [1.29, 1.82) is 0 Å². The van der Waals surface area contributed by atoms with Gasteiger partial charge >= 0.3 is 0 Å². The molecule has 0 aliphatic rings. The van der Waals surface area contributed by atoms with E-state index in [-0.39, 0.29) is 0 Å². The fourth-order valence-electron chi connectivity index (χ4n) is 7.00. The number of hydrogen-bond donors (Lipinski definition) is 0. The summed E-state index contributed by atoms with van der Waals surface area (Å²) >= 11 is 0. The van der Waals surface area contributed by atoms with Crippen LogP contribution in [0.15, 0.2) is 194 Å². The van der Waals surface area contributed by atoms with Gasteiger partial charge in [0.15, 0.2) is 5.82 Å². The normalized spacial score (nSPS) is 11.2. The van der Waals surface area contributed by atoms with Gasteiger partial charge in [-0.05, 0) is 73.6 Å². The van der Waals surface area contributed by atoms with Crippen LogP contribution in [0.25, 0.3) is 88.8 Å². The lowest BCUT2D eigenvalue weighted by Gasteiger charge is -2.18. The van der Waals surface area contributed by atoms with Gasteiger partial charge in [0.05, 0.1) is 11.4 Å². The Balaban J connectivity index is 1.35. The van der Waals surface area contributed by atoms with E-state index in [1.807, 2.05) is 0 Å². The molecule has 9 aromatic rings. The quantitative estimate of drug-likeness (QED) is 0.181. The third-order valence-electron chi connectivity index (χ3n) is 9.44. The number of aromatic nitrogens is 2. The molecule has 0 unspecified atom stereocenters. The molecule has 0 aliphatic carbocycles. The number of fused-ring (bicyclic) bond motifs is 2. The molecule has 0 fully saturated rings. The molecule has 1 heterocycles. The van der Waals surface area contributed by atoms with Crippen molar-refractivity contribution in [3.8, 4) is 67.3 Å². The van der Waals surface area contributed by atoms with E-state index in [1.54, 1.807) is 0 Å². The van der Waals surface area contributed by atoms with Crippen LogP contribution in [0.5, 0.6) is 0 Å². The maximum atomic E-state index is 5.45. The summed E-state index contributed by atoms with van der Waals surface area (Å²) in [5.74, 6) is 0.687. The molecule has 2 nitrogen and oxygen atoms in total.